The van der Waals surface area contributed by atoms with Gasteiger partial charge in [0.25, 0.3) is 11.8 Å². The van der Waals surface area contributed by atoms with E-state index in [-0.39, 0.29) is 182 Å². The van der Waals surface area contributed by atoms with Gasteiger partial charge >= 0.3 is 12.1 Å². The summed E-state index contributed by atoms with van der Waals surface area (Å²) in [6.07, 6.45) is 20.1. The number of nitrogens with one attached hydrogen (secondary N) is 2. The van der Waals surface area contributed by atoms with Crippen molar-refractivity contribution in [3.05, 3.63) is 287 Å². The Morgan fingerprint density at radius 2 is 0.621 bits per heavy atom. The first-order valence-corrected chi connectivity index (χ1v) is 46.6. The summed E-state index contributed by atoms with van der Waals surface area (Å²) < 4.78 is 10.9. The number of benzene rings is 8. The van der Waals surface area contributed by atoms with Gasteiger partial charge in [0.05, 0.1) is 87.2 Å². The number of aryl methyl sites for hydroxylation is 4. The lowest BCUT2D eigenvalue weighted by Gasteiger charge is -2.59. The van der Waals surface area contributed by atoms with Crippen LogP contribution in [0.4, 0.5) is 9.59 Å². The molecule has 0 bridgehead atoms. The van der Waals surface area contributed by atoms with E-state index in [0.717, 1.165) is 77.5 Å². The molecule has 4 N–H and O–H groups in total. The fourth-order valence-electron chi connectivity index (χ4n) is 22.0. The van der Waals surface area contributed by atoms with Crippen LogP contribution in [0, 0.1) is 27.7 Å². The summed E-state index contributed by atoms with van der Waals surface area (Å²) in [5.41, 5.74) is 19.2. The number of ether oxygens (including phenoxy) is 2. The van der Waals surface area contributed by atoms with Gasteiger partial charge in [0.2, 0.25) is 23.6 Å². The number of piperazine rings is 4. The third kappa shape index (κ3) is 19.4. The highest BCUT2D eigenvalue weighted by atomic mass is 16.5. The Labute approximate surface area is 771 Å². The van der Waals surface area contributed by atoms with Gasteiger partial charge < -0.3 is 69.5 Å². The zero-order valence-corrected chi connectivity index (χ0v) is 75.9. The molecule has 10 fully saturated rings. The Bertz CT molecular complexity index is 5770. The maximum atomic E-state index is 13.0. The van der Waals surface area contributed by atoms with Crippen LogP contribution in [0.1, 0.15) is 153 Å². The molecule has 684 valence electrons. The van der Waals surface area contributed by atoms with Gasteiger partial charge in [-0.15, -0.1) is 0 Å². The average molecular weight is 1780 g/mol. The van der Waals surface area contributed by atoms with Crippen LogP contribution < -0.4 is 10.6 Å². The average Bonchev–Trinajstić information content (AvgIpc) is 0.736. The second-order valence-corrected chi connectivity index (χ2v) is 37.0. The Kier molecular flexibility index (Phi) is 28.2. The molecule has 26 nitrogen and oxygen atoms in total. The van der Waals surface area contributed by atoms with Gasteiger partial charge in [0.1, 0.15) is 37.6 Å². The zero-order chi connectivity index (χ0) is 91.8. The number of aliphatic hydroxyl groups excluding tert-OH is 2. The van der Waals surface area contributed by atoms with E-state index in [2.05, 4.69) is 246 Å². The monoisotopic (exact) mass is 1780 g/mol. The van der Waals surface area contributed by atoms with Gasteiger partial charge in [-0.1, -0.05) is 255 Å². The lowest BCUT2D eigenvalue weighted by Crippen LogP contribution is -2.74. The lowest BCUT2D eigenvalue weighted by molar-refractivity contribution is -0.161. The summed E-state index contributed by atoms with van der Waals surface area (Å²) in [4.78, 5) is 133. The summed E-state index contributed by atoms with van der Waals surface area (Å²) in [7, 11) is 3.34. The first-order chi connectivity index (χ1) is 64.2. The predicted octanol–water partition coefficient (Wildman–Crippen LogP) is 13.2. The summed E-state index contributed by atoms with van der Waals surface area (Å²) in [5, 5.41) is 26.4. The molecule has 0 spiro atoms. The highest BCUT2D eigenvalue weighted by Crippen LogP contribution is 2.49. The Hall–Kier alpha value is -12.9. The Morgan fingerprint density at radius 3 is 0.886 bits per heavy atom. The van der Waals surface area contributed by atoms with Crippen molar-refractivity contribution in [2.75, 3.05) is 93.0 Å². The van der Waals surface area contributed by atoms with Crippen molar-refractivity contribution < 1.29 is 58.0 Å². The van der Waals surface area contributed by atoms with Crippen molar-refractivity contribution >= 4 is 47.5 Å². The number of aromatic nitrogens is 4. The van der Waals surface area contributed by atoms with E-state index >= 15 is 0 Å². The topological polar surface area (TPSA) is 297 Å². The number of fused-ring (bicyclic) bond motifs is 4. The van der Waals surface area contributed by atoms with E-state index in [1.54, 1.807) is 38.7 Å². The molecule has 8 aliphatic heterocycles. The molecule has 8 saturated heterocycles. The molecule has 12 atom stereocenters. The van der Waals surface area contributed by atoms with Crippen molar-refractivity contribution in [2.24, 2.45) is 0 Å². The first-order valence-electron chi connectivity index (χ1n) is 46.6. The lowest BCUT2D eigenvalue weighted by atomic mass is 9.73. The Balaban J connectivity index is 0.000000123. The normalized spacial score (nSPS) is 23.7. The number of rotatable bonds is 18. The molecule has 10 aromatic rings. The SMILES string of the molecule is COC[C@@H]1[C@@H](c2ccc(-c3cccc(C)c3)cc2)[C@@H]2CN(C(=O)NC3CCCCC3)CC(=O)N12.COC[C@@H]1[C@@H](c2ccc(-c3cccc(C)c3)cc2)[C@@H]2CN(C(=O)c3cnccn3)CC(=O)N12.Cc1cccc(-c2ccc([C@@H]3[C@@H](CO)N4C(=O)CN(C(=O)NC5CCCCC5)C[C@@H]34)cc2)c1.Cc1cccc(-c2ccc([C@@H]3[C@@H](CO)N4C(=O)CN(C(=O)c5cnccn5)C[C@@H]34)cc2)c1. The molecule has 2 saturated carbocycles. The van der Waals surface area contributed by atoms with Gasteiger partial charge in [-0.3, -0.25) is 38.7 Å². The van der Waals surface area contributed by atoms with E-state index in [1.807, 2.05) is 15.9 Å². The smallest absolute Gasteiger partial charge is 0.318 e. The minimum Gasteiger partial charge on any atom is -0.394 e. The second kappa shape index (κ2) is 40.9. The molecule has 20 rings (SSSR count). The van der Waals surface area contributed by atoms with Crippen LogP contribution in [-0.2, 0) is 28.7 Å². The molecule has 132 heavy (non-hydrogen) atoms. The van der Waals surface area contributed by atoms with Crippen LogP contribution in [0.5, 0.6) is 0 Å². The highest BCUT2D eigenvalue weighted by molar-refractivity contribution is 5.97. The second-order valence-electron chi connectivity index (χ2n) is 37.0. The van der Waals surface area contributed by atoms with Crippen molar-refractivity contribution in [1.82, 2.24) is 69.8 Å². The molecule has 2 aliphatic carbocycles. The molecular formula is C106H118N14O12. The van der Waals surface area contributed by atoms with Crippen molar-refractivity contribution in [2.45, 2.75) is 176 Å². The molecule has 0 unspecified atom stereocenters. The van der Waals surface area contributed by atoms with Crippen LogP contribution in [0.2, 0.25) is 0 Å². The minimum absolute atomic E-state index is 0.0101. The predicted molar refractivity (Wildman–Crippen MR) is 503 cm³/mol. The number of methoxy groups -OCH3 is 2. The highest BCUT2D eigenvalue weighted by Gasteiger charge is 2.59. The maximum absolute atomic E-state index is 13.0. The molecule has 8 aromatic carbocycles. The quantitative estimate of drug-likeness (QED) is 0.0621. The van der Waals surface area contributed by atoms with Crippen LogP contribution >= 0.6 is 0 Å². The van der Waals surface area contributed by atoms with Gasteiger partial charge in [-0.05, 0) is 120 Å². The number of hydrogen-bond donors (Lipinski definition) is 4. The maximum Gasteiger partial charge on any atom is 0.318 e. The summed E-state index contributed by atoms with van der Waals surface area (Å²) in [5.74, 6) is -0.584. The van der Waals surface area contributed by atoms with Gasteiger partial charge in [-0.2, -0.15) is 0 Å². The van der Waals surface area contributed by atoms with Crippen LogP contribution in [0.15, 0.2) is 231 Å². The number of nitrogens with zero attached hydrogens (tertiary/aromatic N) is 12. The summed E-state index contributed by atoms with van der Waals surface area (Å²) in [6, 6.07) is 67.0. The van der Waals surface area contributed by atoms with Gasteiger partial charge in [-0.25, -0.2) is 19.6 Å². The summed E-state index contributed by atoms with van der Waals surface area (Å²) >= 11 is 0. The van der Waals surface area contributed by atoms with E-state index in [0.29, 0.717) is 39.4 Å². The molecular weight excluding hydrogens is 1660 g/mol. The number of urea groups is 2. The first kappa shape index (κ1) is 91.0. The van der Waals surface area contributed by atoms with Crippen LogP contribution in [0.3, 0.4) is 0 Å². The van der Waals surface area contributed by atoms with Gasteiger partial charge in [0, 0.05) is 101 Å². The molecule has 2 aromatic heterocycles. The summed E-state index contributed by atoms with van der Waals surface area (Å²) in [6.45, 7) is 11.3. The Morgan fingerprint density at radius 1 is 0.348 bits per heavy atom. The molecule has 10 heterocycles. The van der Waals surface area contributed by atoms with E-state index in [1.165, 1.54) is 118 Å². The number of aliphatic hydroxyl groups is 2. The molecule has 10 amide bonds. The van der Waals surface area contributed by atoms with E-state index in [4.69, 9.17) is 9.47 Å². The number of hydrogen-bond acceptors (Lipinski definition) is 16. The fourth-order valence-corrected chi connectivity index (χ4v) is 22.0. The fraction of sp³-hybridized carbons (Fsp3) is 0.396. The van der Waals surface area contributed by atoms with Gasteiger partial charge in [0.15, 0.2) is 0 Å². The third-order valence-corrected chi connectivity index (χ3v) is 28.5. The number of amides is 10. The van der Waals surface area contributed by atoms with Crippen LogP contribution in [-0.4, -0.2) is 270 Å². The number of carbonyl (C=O) groups is 8. The molecule has 10 aliphatic rings. The largest absolute Gasteiger partial charge is 0.394 e. The van der Waals surface area contributed by atoms with E-state index in [9.17, 15) is 48.6 Å². The standard InChI is InChI=1S/C28H35N3O3.C27H33N3O3.C26H26N4O3.C25H24N4O3/c1-19-7-6-8-22(15-19)20-11-13-21(14-12-20)27-24-16-30(17-26(32)31(24)25(27)18-34-2)28(33)29-23-9-4-3-5-10-23;1-18-6-5-7-21(14-18)19-10-12-20(13-11-19)26-23-15-29(16-25(32)30(23)24(26)17-31)27(33)28-22-8-3-2-4-9-22;1-17-4-3-5-20(12-17)18-6-8-19(9-7-18)25-22-14-29(26(32)21-13-27-10-11-28-21)15-24(31)30(22)23(25)16-33-2;1-16-3-2-4-19(11-16)17-5-7-18(8-6-17)24-21-13-28(14-23(31)29(21)22(24)15-30)25(32)20-12-26-9-10-27-20/h6-8,11-15,23-25,27H,3-5,9-10,16-18H2,1-2H3,(H,29,33);5-7,10-14,22-24,26,31H,2-4,8-9,15-17H2,1H3,(H,28,33);3-13,22-23,25H,14-16H2,1-2H3;2-12,21-22,24,30H,13-15H2,1H3/t24-,25+,27-;23-,24+,26-;22-,23+,25-;21-,22+,24-/m0000/s1. The molecule has 0 radical (unpaired) electrons. The number of carbonyl (C=O) groups excluding carboxylic acids is 8. The minimum atomic E-state index is -0.299. The third-order valence-electron chi connectivity index (χ3n) is 28.5. The van der Waals surface area contributed by atoms with E-state index < -0.39 is 0 Å². The zero-order valence-electron chi connectivity index (χ0n) is 75.9. The van der Waals surface area contributed by atoms with Crippen molar-refractivity contribution in [1.29, 1.82) is 0 Å². The van der Waals surface area contributed by atoms with Crippen LogP contribution in [0.25, 0.3) is 44.5 Å². The van der Waals surface area contributed by atoms with Crippen molar-refractivity contribution in [3.63, 3.8) is 0 Å². The van der Waals surface area contributed by atoms with Crippen molar-refractivity contribution in [3.8, 4) is 44.5 Å². The molecule has 26 heteroatoms.